The van der Waals surface area contributed by atoms with Crippen LogP contribution in [-0.4, -0.2) is 16.2 Å². The highest BCUT2D eigenvalue weighted by atomic mass is 35.5. The Balaban J connectivity index is 2.56. The summed E-state index contributed by atoms with van der Waals surface area (Å²) in [5.41, 5.74) is 0.242. The Morgan fingerprint density at radius 1 is 1.15 bits per heavy atom. The van der Waals surface area contributed by atoms with Crippen LogP contribution in [0.2, 0.25) is 5.02 Å². The van der Waals surface area contributed by atoms with Crippen LogP contribution in [0, 0.1) is 5.82 Å². The summed E-state index contributed by atoms with van der Waals surface area (Å²) in [6, 6.07) is 9.70. The lowest BCUT2D eigenvalue weighted by atomic mass is 10.0. The molecule has 0 bridgehead atoms. The van der Waals surface area contributed by atoms with E-state index in [0.717, 1.165) is 0 Å². The molecular weight excluding hydrogens is 283 g/mol. The first-order chi connectivity index (χ1) is 9.49. The molecule has 0 aliphatic rings. The molecule has 0 radical (unpaired) electrons. The van der Waals surface area contributed by atoms with Crippen molar-refractivity contribution in [1.82, 2.24) is 0 Å². The molecule has 0 aliphatic carbocycles. The van der Waals surface area contributed by atoms with Gasteiger partial charge in [-0.25, -0.2) is 9.18 Å². The molecule has 0 saturated carbocycles. The van der Waals surface area contributed by atoms with Gasteiger partial charge in [0.05, 0.1) is 10.6 Å². The van der Waals surface area contributed by atoms with Gasteiger partial charge in [-0.3, -0.25) is 0 Å². The standard InChI is InChI=1S/C15H10ClFO3/c16-13-2-1-3-14(17)12(13)8-11(15(19)20)9-4-6-10(18)7-5-9/h1-8,18H,(H,19,20)/b11-8-. The van der Waals surface area contributed by atoms with Crippen LogP contribution >= 0.6 is 11.6 Å². The third kappa shape index (κ3) is 2.97. The van der Waals surface area contributed by atoms with Gasteiger partial charge in [-0.05, 0) is 35.9 Å². The summed E-state index contributed by atoms with van der Waals surface area (Å²) in [7, 11) is 0. The van der Waals surface area contributed by atoms with Gasteiger partial charge < -0.3 is 10.2 Å². The van der Waals surface area contributed by atoms with Gasteiger partial charge in [0.25, 0.3) is 0 Å². The number of phenols is 1. The van der Waals surface area contributed by atoms with E-state index in [2.05, 4.69) is 0 Å². The van der Waals surface area contributed by atoms with Crippen LogP contribution in [0.4, 0.5) is 4.39 Å². The van der Waals surface area contributed by atoms with Crippen LogP contribution in [0.25, 0.3) is 11.6 Å². The van der Waals surface area contributed by atoms with Crippen molar-refractivity contribution < 1.29 is 19.4 Å². The topological polar surface area (TPSA) is 57.5 Å². The van der Waals surface area contributed by atoms with Crippen LogP contribution in [0.5, 0.6) is 5.75 Å². The molecule has 0 fully saturated rings. The van der Waals surface area contributed by atoms with Crippen molar-refractivity contribution in [3.8, 4) is 5.75 Å². The fourth-order valence-corrected chi connectivity index (χ4v) is 1.92. The molecule has 0 spiro atoms. The largest absolute Gasteiger partial charge is 0.508 e. The van der Waals surface area contributed by atoms with E-state index in [-0.39, 0.29) is 21.9 Å². The third-order valence-electron chi connectivity index (χ3n) is 2.70. The van der Waals surface area contributed by atoms with Gasteiger partial charge in [0, 0.05) is 5.56 Å². The molecule has 0 saturated heterocycles. The third-order valence-corrected chi connectivity index (χ3v) is 3.03. The zero-order valence-electron chi connectivity index (χ0n) is 10.2. The molecule has 2 aromatic carbocycles. The number of phenolic OH excluding ortho intramolecular Hbond substituents is 1. The van der Waals surface area contributed by atoms with Crippen LogP contribution in [0.3, 0.4) is 0 Å². The number of aromatic hydroxyl groups is 1. The van der Waals surface area contributed by atoms with Crippen molar-refractivity contribution in [1.29, 1.82) is 0 Å². The monoisotopic (exact) mass is 292 g/mol. The molecule has 0 unspecified atom stereocenters. The highest BCUT2D eigenvalue weighted by Gasteiger charge is 2.13. The van der Waals surface area contributed by atoms with Crippen molar-refractivity contribution in [3.63, 3.8) is 0 Å². The van der Waals surface area contributed by atoms with Crippen LogP contribution < -0.4 is 0 Å². The van der Waals surface area contributed by atoms with E-state index in [1.165, 1.54) is 48.5 Å². The summed E-state index contributed by atoms with van der Waals surface area (Å²) in [6.07, 6.45) is 1.17. The molecule has 0 aliphatic heterocycles. The Labute approximate surface area is 119 Å². The fourth-order valence-electron chi connectivity index (χ4n) is 1.70. The number of carboxylic acids is 1. The fraction of sp³-hybridized carbons (Fsp3) is 0. The lowest BCUT2D eigenvalue weighted by molar-refractivity contribution is -0.130. The number of aliphatic carboxylic acids is 1. The predicted octanol–water partition coefficient (Wildman–Crippen LogP) is 3.81. The molecule has 20 heavy (non-hydrogen) atoms. The maximum atomic E-state index is 13.7. The van der Waals surface area contributed by atoms with Crippen LogP contribution in [0.15, 0.2) is 42.5 Å². The lowest BCUT2D eigenvalue weighted by Crippen LogP contribution is -2.00. The van der Waals surface area contributed by atoms with E-state index in [1.54, 1.807) is 0 Å². The maximum absolute atomic E-state index is 13.7. The van der Waals surface area contributed by atoms with Gasteiger partial charge in [-0.15, -0.1) is 0 Å². The first kappa shape index (κ1) is 14.1. The van der Waals surface area contributed by atoms with Gasteiger partial charge in [0.1, 0.15) is 11.6 Å². The molecule has 0 atom stereocenters. The highest BCUT2D eigenvalue weighted by molar-refractivity contribution is 6.33. The number of halogens is 2. The quantitative estimate of drug-likeness (QED) is 0.668. The Bertz CT molecular complexity index is 658. The molecule has 2 N–H and O–H groups in total. The van der Waals surface area contributed by atoms with Crippen molar-refractivity contribution >= 4 is 29.2 Å². The van der Waals surface area contributed by atoms with Crippen molar-refractivity contribution in [2.45, 2.75) is 0 Å². The zero-order chi connectivity index (χ0) is 14.7. The van der Waals surface area contributed by atoms with Gasteiger partial charge in [0.2, 0.25) is 0 Å². The number of benzene rings is 2. The van der Waals surface area contributed by atoms with E-state index >= 15 is 0 Å². The Morgan fingerprint density at radius 2 is 1.80 bits per heavy atom. The highest BCUT2D eigenvalue weighted by Crippen LogP contribution is 2.26. The molecule has 2 rings (SSSR count). The zero-order valence-corrected chi connectivity index (χ0v) is 10.9. The van der Waals surface area contributed by atoms with Crippen molar-refractivity contribution in [2.24, 2.45) is 0 Å². The van der Waals surface area contributed by atoms with E-state index in [9.17, 15) is 19.4 Å². The molecular formula is C15H10ClFO3. The summed E-state index contributed by atoms with van der Waals surface area (Å²) < 4.78 is 13.7. The minimum Gasteiger partial charge on any atom is -0.508 e. The summed E-state index contributed by atoms with van der Waals surface area (Å²) >= 11 is 5.87. The second-order valence-electron chi connectivity index (χ2n) is 4.05. The minimum atomic E-state index is -1.21. The first-order valence-electron chi connectivity index (χ1n) is 5.67. The van der Waals surface area contributed by atoms with E-state index in [4.69, 9.17) is 11.6 Å². The normalized spacial score (nSPS) is 11.4. The Kier molecular flexibility index (Phi) is 4.05. The van der Waals surface area contributed by atoms with Gasteiger partial charge in [-0.2, -0.15) is 0 Å². The molecule has 0 aromatic heterocycles. The Hall–Kier alpha value is -2.33. The molecule has 102 valence electrons. The first-order valence-corrected chi connectivity index (χ1v) is 6.05. The molecule has 0 amide bonds. The summed E-state index contributed by atoms with van der Waals surface area (Å²) in [4.78, 5) is 11.3. The number of hydrogen-bond acceptors (Lipinski definition) is 2. The van der Waals surface area contributed by atoms with Gasteiger partial charge >= 0.3 is 5.97 Å². The number of carboxylic acid groups (broad SMARTS) is 1. The van der Waals surface area contributed by atoms with Gasteiger partial charge in [-0.1, -0.05) is 29.8 Å². The van der Waals surface area contributed by atoms with E-state index < -0.39 is 11.8 Å². The molecule has 3 nitrogen and oxygen atoms in total. The molecule has 2 aromatic rings. The second kappa shape index (κ2) is 5.75. The lowest BCUT2D eigenvalue weighted by Gasteiger charge is -2.05. The van der Waals surface area contributed by atoms with Crippen LogP contribution in [0.1, 0.15) is 11.1 Å². The van der Waals surface area contributed by atoms with E-state index in [1.807, 2.05) is 0 Å². The SMILES string of the molecule is O=C(O)/C(=C\c1c(F)cccc1Cl)c1ccc(O)cc1. The summed E-state index contributed by atoms with van der Waals surface area (Å²) in [5.74, 6) is -1.80. The Morgan fingerprint density at radius 3 is 2.35 bits per heavy atom. The smallest absolute Gasteiger partial charge is 0.336 e. The number of hydrogen-bond donors (Lipinski definition) is 2. The molecule has 0 heterocycles. The second-order valence-corrected chi connectivity index (χ2v) is 4.45. The maximum Gasteiger partial charge on any atom is 0.336 e. The average molecular weight is 293 g/mol. The predicted molar refractivity (Wildman–Crippen MR) is 75.0 cm³/mol. The minimum absolute atomic E-state index is 0.0136. The van der Waals surface area contributed by atoms with Gasteiger partial charge in [0.15, 0.2) is 0 Å². The summed E-state index contributed by atoms with van der Waals surface area (Å²) in [6.45, 7) is 0. The van der Waals surface area contributed by atoms with Crippen molar-refractivity contribution in [2.75, 3.05) is 0 Å². The molecule has 5 heteroatoms. The average Bonchev–Trinajstić information content (AvgIpc) is 2.39. The summed E-state index contributed by atoms with van der Waals surface area (Å²) in [5, 5.41) is 18.6. The number of rotatable bonds is 3. The van der Waals surface area contributed by atoms with Crippen molar-refractivity contribution in [3.05, 3.63) is 64.4 Å². The number of carbonyl (C=O) groups is 1. The van der Waals surface area contributed by atoms with E-state index in [0.29, 0.717) is 5.56 Å². The van der Waals surface area contributed by atoms with Crippen LogP contribution in [-0.2, 0) is 4.79 Å².